The molecule has 0 radical (unpaired) electrons. The SMILES string of the molecule is CCCCOC(O)(C=CC(=O)O)OCCCC. The summed E-state index contributed by atoms with van der Waals surface area (Å²) in [7, 11) is 0. The predicted molar refractivity (Wildman–Crippen MR) is 63.4 cm³/mol. The molecule has 5 nitrogen and oxygen atoms in total. The summed E-state index contributed by atoms with van der Waals surface area (Å²) in [5, 5.41) is 18.4. The maximum atomic E-state index is 10.4. The van der Waals surface area contributed by atoms with Gasteiger partial charge in [-0.1, -0.05) is 26.7 Å². The fourth-order valence-corrected chi connectivity index (χ4v) is 1.04. The van der Waals surface area contributed by atoms with Gasteiger partial charge in [-0.25, -0.2) is 4.79 Å². The monoisotopic (exact) mass is 246 g/mol. The third-order valence-corrected chi connectivity index (χ3v) is 2.05. The third kappa shape index (κ3) is 8.85. The van der Waals surface area contributed by atoms with E-state index in [0.717, 1.165) is 37.8 Å². The normalized spacial score (nSPS) is 12.2. The van der Waals surface area contributed by atoms with Gasteiger partial charge >= 0.3 is 11.9 Å². The molecule has 0 aromatic carbocycles. The molecular weight excluding hydrogens is 224 g/mol. The van der Waals surface area contributed by atoms with Gasteiger partial charge in [-0.05, 0) is 12.8 Å². The van der Waals surface area contributed by atoms with Gasteiger partial charge in [0.15, 0.2) is 0 Å². The minimum absolute atomic E-state index is 0.323. The van der Waals surface area contributed by atoms with Gasteiger partial charge in [-0.2, -0.15) is 0 Å². The summed E-state index contributed by atoms with van der Waals surface area (Å²) in [6, 6.07) is 0. The number of hydrogen-bond donors (Lipinski definition) is 2. The summed E-state index contributed by atoms with van der Waals surface area (Å²) in [4.78, 5) is 10.4. The first-order valence-electron chi connectivity index (χ1n) is 5.96. The lowest BCUT2D eigenvalue weighted by molar-refractivity contribution is -0.328. The van der Waals surface area contributed by atoms with Crippen LogP contribution in [0.15, 0.2) is 12.2 Å². The van der Waals surface area contributed by atoms with Gasteiger partial charge in [0.25, 0.3) is 0 Å². The standard InChI is InChI=1S/C12H22O5/c1-3-5-9-16-12(15,8-7-11(13)14)17-10-6-4-2/h7-8,15H,3-6,9-10H2,1-2H3,(H,13,14). The second-order valence-electron chi connectivity index (χ2n) is 3.71. The number of rotatable bonds is 10. The van der Waals surface area contributed by atoms with Crippen LogP contribution >= 0.6 is 0 Å². The number of carboxylic acids is 1. The fourth-order valence-electron chi connectivity index (χ4n) is 1.04. The van der Waals surface area contributed by atoms with Crippen LogP contribution in [0.3, 0.4) is 0 Å². The topological polar surface area (TPSA) is 76.0 Å². The van der Waals surface area contributed by atoms with Crippen molar-refractivity contribution in [2.45, 2.75) is 45.5 Å². The van der Waals surface area contributed by atoms with Crippen molar-refractivity contribution in [1.29, 1.82) is 0 Å². The van der Waals surface area contributed by atoms with E-state index in [1.165, 1.54) is 0 Å². The molecule has 17 heavy (non-hydrogen) atoms. The molecule has 0 heterocycles. The molecular formula is C12H22O5. The Labute approximate surface area is 102 Å². The number of aliphatic hydroxyl groups is 1. The summed E-state index contributed by atoms with van der Waals surface area (Å²) >= 11 is 0. The number of unbranched alkanes of at least 4 members (excludes halogenated alkanes) is 2. The van der Waals surface area contributed by atoms with Crippen LogP contribution in [0.5, 0.6) is 0 Å². The fraction of sp³-hybridized carbons (Fsp3) is 0.750. The zero-order valence-corrected chi connectivity index (χ0v) is 10.5. The molecule has 0 spiro atoms. The summed E-state index contributed by atoms with van der Waals surface area (Å²) < 4.78 is 10.3. The first kappa shape index (κ1) is 16.1. The van der Waals surface area contributed by atoms with Gasteiger partial charge in [0.05, 0.1) is 13.2 Å². The Morgan fingerprint density at radius 2 is 1.65 bits per heavy atom. The van der Waals surface area contributed by atoms with E-state index in [-0.39, 0.29) is 0 Å². The third-order valence-electron chi connectivity index (χ3n) is 2.05. The second kappa shape index (κ2) is 9.15. The zero-order chi connectivity index (χ0) is 13.1. The largest absolute Gasteiger partial charge is 0.478 e. The van der Waals surface area contributed by atoms with E-state index in [0.29, 0.717) is 13.2 Å². The highest BCUT2D eigenvalue weighted by molar-refractivity contribution is 5.79. The van der Waals surface area contributed by atoms with Crippen molar-refractivity contribution in [2.24, 2.45) is 0 Å². The van der Waals surface area contributed by atoms with Gasteiger partial charge in [-0.3, -0.25) is 0 Å². The number of carbonyl (C=O) groups is 1. The highest BCUT2D eigenvalue weighted by atomic mass is 16.8. The molecule has 0 aromatic heterocycles. The van der Waals surface area contributed by atoms with E-state index in [4.69, 9.17) is 14.6 Å². The first-order chi connectivity index (χ1) is 8.04. The highest BCUT2D eigenvalue weighted by Gasteiger charge is 2.25. The Balaban J connectivity index is 4.28. The maximum Gasteiger partial charge on any atom is 0.328 e. The molecule has 0 aromatic rings. The molecule has 5 heteroatoms. The van der Waals surface area contributed by atoms with Gasteiger partial charge in [0, 0.05) is 12.2 Å². The Kier molecular flexibility index (Phi) is 8.66. The van der Waals surface area contributed by atoms with Crippen LogP contribution in [0.2, 0.25) is 0 Å². The zero-order valence-electron chi connectivity index (χ0n) is 10.5. The molecule has 0 bridgehead atoms. The van der Waals surface area contributed by atoms with E-state index in [1.807, 2.05) is 13.8 Å². The number of carboxylic acid groups (broad SMARTS) is 1. The first-order valence-corrected chi connectivity index (χ1v) is 5.96. The minimum Gasteiger partial charge on any atom is -0.478 e. The van der Waals surface area contributed by atoms with E-state index >= 15 is 0 Å². The molecule has 0 aliphatic heterocycles. The minimum atomic E-state index is -1.93. The Hall–Kier alpha value is -0.910. The lowest BCUT2D eigenvalue weighted by Crippen LogP contribution is -2.34. The molecule has 2 N–H and O–H groups in total. The van der Waals surface area contributed by atoms with E-state index in [2.05, 4.69) is 0 Å². The molecule has 0 atom stereocenters. The van der Waals surface area contributed by atoms with Crippen LogP contribution in [0.25, 0.3) is 0 Å². The lowest BCUT2D eigenvalue weighted by atomic mass is 10.3. The molecule has 0 saturated heterocycles. The summed E-state index contributed by atoms with van der Waals surface area (Å²) in [5.74, 6) is -3.08. The van der Waals surface area contributed by atoms with Crippen LogP contribution in [0, 0.1) is 0 Å². The van der Waals surface area contributed by atoms with Crippen LogP contribution in [0.4, 0.5) is 0 Å². The van der Waals surface area contributed by atoms with Crippen LogP contribution in [-0.4, -0.2) is 35.4 Å². The molecule has 0 amide bonds. The summed E-state index contributed by atoms with van der Waals surface area (Å²) in [5.41, 5.74) is 0. The Morgan fingerprint density at radius 1 is 1.18 bits per heavy atom. The molecule has 0 aliphatic rings. The van der Waals surface area contributed by atoms with Crippen molar-refractivity contribution in [2.75, 3.05) is 13.2 Å². The predicted octanol–water partition coefficient (Wildman–Crippen LogP) is 1.91. The number of ether oxygens (including phenoxy) is 2. The average Bonchev–Trinajstić information content (AvgIpc) is 2.27. The molecule has 0 fully saturated rings. The summed E-state index contributed by atoms with van der Waals surface area (Å²) in [6.45, 7) is 4.63. The van der Waals surface area contributed by atoms with Crippen molar-refractivity contribution >= 4 is 5.97 Å². The van der Waals surface area contributed by atoms with Gasteiger partial charge in [0.1, 0.15) is 0 Å². The van der Waals surface area contributed by atoms with Crippen molar-refractivity contribution in [3.63, 3.8) is 0 Å². The average molecular weight is 246 g/mol. The van der Waals surface area contributed by atoms with Gasteiger partial charge in [0.2, 0.25) is 0 Å². The van der Waals surface area contributed by atoms with Crippen LogP contribution < -0.4 is 0 Å². The Morgan fingerprint density at radius 3 is 2.00 bits per heavy atom. The second-order valence-corrected chi connectivity index (χ2v) is 3.71. The van der Waals surface area contributed by atoms with Crippen molar-refractivity contribution in [3.8, 4) is 0 Å². The van der Waals surface area contributed by atoms with E-state index < -0.39 is 11.9 Å². The quantitative estimate of drug-likeness (QED) is 0.350. The summed E-state index contributed by atoms with van der Waals surface area (Å²) in [6.07, 6.45) is 5.24. The van der Waals surface area contributed by atoms with Crippen molar-refractivity contribution in [3.05, 3.63) is 12.2 Å². The maximum absolute atomic E-state index is 10.4. The van der Waals surface area contributed by atoms with Gasteiger partial charge < -0.3 is 19.7 Å². The smallest absolute Gasteiger partial charge is 0.328 e. The Bertz CT molecular complexity index is 227. The van der Waals surface area contributed by atoms with E-state index in [9.17, 15) is 9.90 Å². The van der Waals surface area contributed by atoms with Crippen molar-refractivity contribution < 1.29 is 24.5 Å². The van der Waals surface area contributed by atoms with Crippen LogP contribution in [-0.2, 0) is 14.3 Å². The molecule has 0 rings (SSSR count). The van der Waals surface area contributed by atoms with Gasteiger partial charge in [-0.15, -0.1) is 0 Å². The molecule has 100 valence electrons. The highest BCUT2D eigenvalue weighted by Crippen LogP contribution is 2.13. The van der Waals surface area contributed by atoms with Crippen molar-refractivity contribution in [1.82, 2.24) is 0 Å². The number of hydrogen-bond acceptors (Lipinski definition) is 4. The molecule has 0 saturated carbocycles. The molecule has 0 aliphatic carbocycles. The van der Waals surface area contributed by atoms with Crippen LogP contribution in [0.1, 0.15) is 39.5 Å². The number of aliphatic carboxylic acids is 1. The lowest BCUT2D eigenvalue weighted by Gasteiger charge is -2.24. The van der Waals surface area contributed by atoms with E-state index in [1.54, 1.807) is 0 Å². The molecule has 0 unspecified atom stereocenters.